The van der Waals surface area contributed by atoms with Crippen LogP contribution in [0.25, 0.3) is 0 Å². The van der Waals surface area contributed by atoms with E-state index < -0.39 is 10.0 Å². The first-order valence-corrected chi connectivity index (χ1v) is 8.14. The van der Waals surface area contributed by atoms with Crippen LogP contribution in [0.4, 0.5) is 5.95 Å². The van der Waals surface area contributed by atoms with E-state index in [1.54, 1.807) is 32.0 Å². The number of aryl methyl sites for hydroxylation is 2. The van der Waals surface area contributed by atoms with E-state index in [2.05, 4.69) is 14.7 Å². The summed E-state index contributed by atoms with van der Waals surface area (Å²) in [5.41, 5.74) is 8.53. The Morgan fingerprint density at radius 2 is 1.67 bits per heavy atom. The van der Waals surface area contributed by atoms with Crippen LogP contribution in [0.3, 0.4) is 0 Å². The first kappa shape index (κ1) is 15.4. The summed E-state index contributed by atoms with van der Waals surface area (Å²) >= 11 is 0. The average molecular weight is 306 g/mol. The third-order valence-corrected chi connectivity index (χ3v) is 4.10. The zero-order valence-corrected chi connectivity index (χ0v) is 12.8. The molecule has 0 bridgehead atoms. The molecule has 0 amide bonds. The van der Waals surface area contributed by atoms with Crippen LogP contribution in [0.15, 0.2) is 30.3 Å². The predicted molar refractivity (Wildman–Crippen MR) is 82.1 cm³/mol. The number of nitrogens with one attached hydrogen (secondary N) is 1. The van der Waals surface area contributed by atoms with E-state index in [0.29, 0.717) is 23.5 Å². The van der Waals surface area contributed by atoms with Gasteiger partial charge in [0, 0.05) is 17.9 Å². The smallest absolute Gasteiger partial charge is 0.239 e. The summed E-state index contributed by atoms with van der Waals surface area (Å²) in [6, 6.07) is 8.97. The number of benzene rings is 1. The van der Waals surface area contributed by atoms with Crippen molar-refractivity contribution >= 4 is 16.0 Å². The first-order valence-electron chi connectivity index (χ1n) is 6.49. The number of nitrogens with two attached hydrogens (primary N) is 1. The van der Waals surface area contributed by atoms with Crippen molar-refractivity contribution in [1.29, 1.82) is 0 Å². The van der Waals surface area contributed by atoms with Gasteiger partial charge >= 0.3 is 0 Å². The summed E-state index contributed by atoms with van der Waals surface area (Å²) in [7, 11) is -3.58. The molecule has 0 unspecified atom stereocenters. The molecule has 0 saturated heterocycles. The second-order valence-corrected chi connectivity index (χ2v) is 6.53. The molecule has 112 valence electrons. The van der Waals surface area contributed by atoms with Crippen molar-refractivity contribution in [1.82, 2.24) is 9.97 Å². The van der Waals surface area contributed by atoms with Crippen LogP contribution in [0.2, 0.25) is 0 Å². The van der Waals surface area contributed by atoms with Gasteiger partial charge in [-0.15, -0.1) is 0 Å². The van der Waals surface area contributed by atoms with E-state index >= 15 is 0 Å². The molecule has 0 saturated carbocycles. The van der Waals surface area contributed by atoms with Crippen molar-refractivity contribution in [2.45, 2.75) is 26.1 Å². The van der Waals surface area contributed by atoms with Gasteiger partial charge in [0.25, 0.3) is 0 Å². The minimum Gasteiger partial charge on any atom is -0.326 e. The second kappa shape index (κ2) is 6.19. The molecular weight excluding hydrogens is 288 g/mol. The van der Waals surface area contributed by atoms with Crippen molar-refractivity contribution < 1.29 is 8.42 Å². The molecule has 7 heteroatoms. The zero-order valence-electron chi connectivity index (χ0n) is 12.0. The molecule has 3 N–H and O–H groups in total. The van der Waals surface area contributed by atoms with Crippen LogP contribution < -0.4 is 10.5 Å². The lowest BCUT2D eigenvalue weighted by molar-refractivity contribution is 0.599. The SMILES string of the molecule is Cc1cc(C)nc(NS(=O)(=O)Cc2ccccc2CN)n1. The van der Waals surface area contributed by atoms with E-state index in [-0.39, 0.29) is 11.7 Å². The fraction of sp³-hybridized carbons (Fsp3) is 0.286. The van der Waals surface area contributed by atoms with Crippen molar-refractivity contribution in [3.05, 3.63) is 52.8 Å². The van der Waals surface area contributed by atoms with Gasteiger partial charge in [-0.05, 0) is 31.0 Å². The van der Waals surface area contributed by atoms with Crippen LogP contribution in [-0.2, 0) is 22.3 Å². The summed E-state index contributed by atoms with van der Waals surface area (Å²) < 4.78 is 26.9. The number of hydrogen-bond donors (Lipinski definition) is 2. The van der Waals surface area contributed by atoms with Crippen molar-refractivity contribution in [3.63, 3.8) is 0 Å². The van der Waals surface area contributed by atoms with Crippen molar-refractivity contribution in [3.8, 4) is 0 Å². The topological polar surface area (TPSA) is 98.0 Å². The van der Waals surface area contributed by atoms with Crippen LogP contribution in [0, 0.1) is 13.8 Å². The van der Waals surface area contributed by atoms with Crippen LogP contribution in [0.5, 0.6) is 0 Å². The molecule has 0 radical (unpaired) electrons. The molecule has 1 heterocycles. The standard InChI is InChI=1S/C14H18N4O2S/c1-10-7-11(2)17-14(16-10)18-21(19,20)9-13-6-4-3-5-12(13)8-15/h3-7H,8-9,15H2,1-2H3,(H,16,17,18). The number of rotatable bonds is 5. The molecule has 1 aromatic carbocycles. The third-order valence-electron chi connectivity index (χ3n) is 2.91. The van der Waals surface area contributed by atoms with E-state index in [0.717, 1.165) is 5.56 Å². The Balaban J connectivity index is 2.22. The van der Waals surface area contributed by atoms with Crippen LogP contribution in [-0.4, -0.2) is 18.4 Å². The summed E-state index contributed by atoms with van der Waals surface area (Å²) in [6.45, 7) is 3.87. The summed E-state index contributed by atoms with van der Waals surface area (Å²) in [6.07, 6.45) is 0. The zero-order chi connectivity index (χ0) is 15.5. The Labute approximate surface area is 124 Å². The minimum absolute atomic E-state index is 0.0951. The van der Waals surface area contributed by atoms with E-state index in [1.165, 1.54) is 0 Å². The largest absolute Gasteiger partial charge is 0.326 e. The Morgan fingerprint density at radius 3 is 2.24 bits per heavy atom. The molecular formula is C14H18N4O2S. The third kappa shape index (κ3) is 4.24. The maximum atomic E-state index is 12.2. The molecule has 21 heavy (non-hydrogen) atoms. The molecule has 6 nitrogen and oxygen atoms in total. The van der Waals surface area contributed by atoms with E-state index in [9.17, 15) is 8.42 Å². The van der Waals surface area contributed by atoms with E-state index in [1.807, 2.05) is 12.1 Å². The minimum atomic E-state index is -3.58. The Hall–Kier alpha value is -1.99. The monoisotopic (exact) mass is 306 g/mol. The number of anilines is 1. The maximum Gasteiger partial charge on any atom is 0.239 e. The Kier molecular flexibility index (Phi) is 4.54. The molecule has 0 fully saturated rings. The van der Waals surface area contributed by atoms with Crippen LogP contribution >= 0.6 is 0 Å². The first-order chi connectivity index (χ1) is 9.89. The fourth-order valence-corrected chi connectivity index (χ4v) is 3.18. The highest BCUT2D eigenvalue weighted by molar-refractivity contribution is 7.91. The van der Waals surface area contributed by atoms with Gasteiger partial charge in [0.2, 0.25) is 16.0 Å². The Morgan fingerprint density at radius 1 is 1.10 bits per heavy atom. The predicted octanol–water partition coefficient (Wildman–Crippen LogP) is 1.49. The lowest BCUT2D eigenvalue weighted by Crippen LogP contribution is -2.18. The van der Waals surface area contributed by atoms with Gasteiger partial charge in [-0.3, -0.25) is 4.72 Å². The lowest BCUT2D eigenvalue weighted by Gasteiger charge is -2.10. The molecule has 0 atom stereocenters. The number of hydrogen-bond acceptors (Lipinski definition) is 5. The van der Waals surface area contributed by atoms with Gasteiger partial charge in [0.05, 0.1) is 5.75 Å². The normalized spacial score (nSPS) is 11.4. The van der Waals surface area contributed by atoms with Gasteiger partial charge in [0.15, 0.2) is 0 Å². The second-order valence-electron chi connectivity index (χ2n) is 4.81. The number of nitrogens with zero attached hydrogens (tertiary/aromatic N) is 2. The van der Waals surface area contributed by atoms with Gasteiger partial charge in [-0.2, -0.15) is 0 Å². The molecule has 0 aliphatic rings. The molecule has 1 aromatic heterocycles. The van der Waals surface area contributed by atoms with Crippen molar-refractivity contribution in [2.24, 2.45) is 5.73 Å². The summed E-state index contributed by atoms with van der Waals surface area (Å²) in [4.78, 5) is 8.15. The van der Waals surface area contributed by atoms with Gasteiger partial charge in [-0.1, -0.05) is 24.3 Å². The van der Waals surface area contributed by atoms with E-state index in [4.69, 9.17) is 5.73 Å². The quantitative estimate of drug-likeness (QED) is 0.872. The fourth-order valence-electron chi connectivity index (χ4n) is 2.05. The highest BCUT2D eigenvalue weighted by Crippen LogP contribution is 2.14. The molecule has 0 aliphatic carbocycles. The summed E-state index contributed by atoms with van der Waals surface area (Å²) in [5.74, 6) is -0.0609. The lowest BCUT2D eigenvalue weighted by atomic mass is 10.1. The molecule has 2 aromatic rings. The average Bonchev–Trinajstić information content (AvgIpc) is 2.36. The number of sulfonamides is 1. The highest BCUT2D eigenvalue weighted by atomic mass is 32.2. The summed E-state index contributed by atoms with van der Waals surface area (Å²) in [5, 5.41) is 0. The molecule has 0 spiro atoms. The van der Waals surface area contributed by atoms with Gasteiger partial charge in [0.1, 0.15) is 0 Å². The Bertz CT molecular complexity index is 724. The van der Waals surface area contributed by atoms with Crippen molar-refractivity contribution in [2.75, 3.05) is 4.72 Å². The van der Waals surface area contributed by atoms with Crippen LogP contribution in [0.1, 0.15) is 22.5 Å². The molecule has 2 rings (SSSR count). The van der Waals surface area contributed by atoms with Gasteiger partial charge < -0.3 is 5.73 Å². The van der Waals surface area contributed by atoms with Gasteiger partial charge in [-0.25, -0.2) is 18.4 Å². The highest BCUT2D eigenvalue weighted by Gasteiger charge is 2.15. The maximum absolute atomic E-state index is 12.2. The number of aromatic nitrogens is 2. The molecule has 0 aliphatic heterocycles.